The maximum atomic E-state index is 11.5. The second kappa shape index (κ2) is 9.45. The topological polar surface area (TPSA) is 83.1 Å². The van der Waals surface area contributed by atoms with Crippen molar-refractivity contribution in [3.63, 3.8) is 0 Å². The summed E-state index contributed by atoms with van der Waals surface area (Å²) in [6.07, 6.45) is 4.70. The van der Waals surface area contributed by atoms with E-state index in [2.05, 4.69) is 70.0 Å². The number of nitrogens with one attached hydrogen (secondary N) is 2. The Morgan fingerprint density at radius 2 is 2.06 bits per heavy atom. The molecule has 0 spiro atoms. The number of benzene rings is 2. The molecule has 4 aromatic rings. The number of H-pyrrole nitrogens is 1. The number of hydrogen-bond donors (Lipinski definition) is 2. The van der Waals surface area contributed by atoms with Crippen LogP contribution in [0, 0.1) is 0 Å². The molecule has 7 heteroatoms. The van der Waals surface area contributed by atoms with Gasteiger partial charge in [0.2, 0.25) is 11.8 Å². The van der Waals surface area contributed by atoms with Gasteiger partial charge < -0.3 is 19.9 Å². The summed E-state index contributed by atoms with van der Waals surface area (Å²) in [5.74, 6) is 0.626. The number of aromatic amines is 1. The van der Waals surface area contributed by atoms with Crippen molar-refractivity contribution in [1.29, 1.82) is 0 Å². The molecule has 1 amide bonds. The molecule has 0 fully saturated rings. The summed E-state index contributed by atoms with van der Waals surface area (Å²) in [5, 5.41) is 2.71. The molecule has 7 nitrogen and oxygen atoms in total. The maximum absolute atomic E-state index is 11.5. The van der Waals surface area contributed by atoms with Crippen molar-refractivity contribution in [1.82, 2.24) is 19.9 Å². The highest BCUT2D eigenvalue weighted by Gasteiger charge is 2.11. The molecule has 0 saturated heterocycles. The summed E-state index contributed by atoms with van der Waals surface area (Å²) < 4.78 is 5.91. The summed E-state index contributed by atoms with van der Waals surface area (Å²) in [4.78, 5) is 26.1. The van der Waals surface area contributed by atoms with Gasteiger partial charge in [-0.15, -0.1) is 0 Å². The molecule has 0 bridgehead atoms. The van der Waals surface area contributed by atoms with Gasteiger partial charge in [-0.05, 0) is 42.9 Å². The third kappa shape index (κ3) is 4.84. The van der Waals surface area contributed by atoms with E-state index in [1.165, 1.54) is 11.6 Å². The fourth-order valence-electron chi connectivity index (χ4n) is 3.31. The summed E-state index contributed by atoms with van der Waals surface area (Å²) in [5.41, 5.74) is 5.31. The van der Waals surface area contributed by atoms with Crippen LogP contribution in [0.4, 0.5) is 5.69 Å². The van der Waals surface area contributed by atoms with Gasteiger partial charge in [0.1, 0.15) is 11.3 Å². The molecule has 0 unspecified atom stereocenters. The van der Waals surface area contributed by atoms with Gasteiger partial charge >= 0.3 is 0 Å². The van der Waals surface area contributed by atoms with Crippen LogP contribution in [-0.2, 0) is 11.3 Å². The van der Waals surface area contributed by atoms with Crippen LogP contribution in [0.25, 0.3) is 22.3 Å². The molecule has 2 N–H and O–H groups in total. The standard InChI is InChI=1S/C25H25N5O2/c1-4-22(31)28-19-7-6-8-20(13-19)32-23-15-27-25-24(29-23)21(14-26-25)18-11-9-17(10-12-18)16-30(3)5-2/h4,6-15H,1,5,16H2,2-3H3,(H,26,27)(H,28,31). The number of carbonyl (C=O) groups is 1. The molecule has 2 aromatic heterocycles. The van der Waals surface area contributed by atoms with Crippen molar-refractivity contribution in [2.24, 2.45) is 0 Å². The third-order valence-corrected chi connectivity index (χ3v) is 5.13. The minimum absolute atomic E-state index is 0.285. The minimum Gasteiger partial charge on any atom is -0.437 e. The molecule has 0 aliphatic heterocycles. The molecule has 0 aliphatic rings. The zero-order valence-electron chi connectivity index (χ0n) is 18.1. The van der Waals surface area contributed by atoms with Crippen molar-refractivity contribution >= 4 is 22.8 Å². The van der Waals surface area contributed by atoms with Crippen molar-refractivity contribution in [3.8, 4) is 22.8 Å². The Hall–Kier alpha value is -3.97. The zero-order valence-corrected chi connectivity index (χ0v) is 18.1. The molecule has 32 heavy (non-hydrogen) atoms. The molecule has 2 heterocycles. The smallest absolute Gasteiger partial charge is 0.247 e. The molecule has 0 aliphatic carbocycles. The van der Waals surface area contributed by atoms with E-state index in [0.717, 1.165) is 29.7 Å². The van der Waals surface area contributed by atoms with Crippen LogP contribution in [0.1, 0.15) is 12.5 Å². The lowest BCUT2D eigenvalue weighted by Gasteiger charge is -2.13. The fourth-order valence-corrected chi connectivity index (χ4v) is 3.31. The van der Waals surface area contributed by atoms with Gasteiger partial charge in [-0.1, -0.05) is 43.8 Å². The highest BCUT2D eigenvalue weighted by molar-refractivity contribution is 5.99. The SMILES string of the molecule is C=CC(=O)Nc1cccc(Oc2cnc3[nH]cc(-c4ccc(CN(C)CC)cc4)c3n2)c1. The first-order valence-corrected chi connectivity index (χ1v) is 10.4. The van der Waals surface area contributed by atoms with Gasteiger partial charge in [0.05, 0.1) is 6.20 Å². The lowest BCUT2D eigenvalue weighted by Crippen LogP contribution is -2.16. The van der Waals surface area contributed by atoms with Gasteiger partial charge in [-0.2, -0.15) is 0 Å². The Balaban J connectivity index is 1.57. The van der Waals surface area contributed by atoms with Crippen LogP contribution < -0.4 is 10.1 Å². The molecule has 2 aromatic carbocycles. The summed E-state index contributed by atoms with van der Waals surface area (Å²) >= 11 is 0. The number of nitrogens with zero attached hydrogens (tertiary/aromatic N) is 3. The number of anilines is 1. The Kier molecular flexibility index (Phi) is 6.28. The van der Waals surface area contributed by atoms with Gasteiger partial charge in [0.25, 0.3) is 0 Å². The summed E-state index contributed by atoms with van der Waals surface area (Å²) in [6.45, 7) is 7.52. The predicted octanol–water partition coefficient (Wildman–Crippen LogP) is 4.99. The van der Waals surface area contributed by atoms with E-state index < -0.39 is 0 Å². The van der Waals surface area contributed by atoms with E-state index in [1.54, 1.807) is 30.5 Å². The third-order valence-electron chi connectivity index (χ3n) is 5.13. The molecule has 162 valence electrons. The van der Waals surface area contributed by atoms with Crippen molar-refractivity contribution in [2.75, 3.05) is 18.9 Å². The van der Waals surface area contributed by atoms with Gasteiger partial charge in [0.15, 0.2) is 5.65 Å². The van der Waals surface area contributed by atoms with E-state index in [9.17, 15) is 4.79 Å². The molecule has 4 rings (SSSR count). The fraction of sp³-hybridized carbons (Fsp3) is 0.160. The first kappa shape index (κ1) is 21.3. The van der Waals surface area contributed by atoms with Crippen LogP contribution in [-0.4, -0.2) is 39.4 Å². The van der Waals surface area contributed by atoms with E-state index in [0.29, 0.717) is 23.0 Å². The number of ether oxygens (including phenoxy) is 1. The Labute approximate surface area is 186 Å². The number of carbonyl (C=O) groups excluding carboxylic acids is 1. The Morgan fingerprint density at radius 1 is 1.25 bits per heavy atom. The van der Waals surface area contributed by atoms with E-state index >= 15 is 0 Å². The first-order valence-electron chi connectivity index (χ1n) is 10.4. The van der Waals surface area contributed by atoms with Gasteiger partial charge in [-0.3, -0.25) is 4.79 Å². The second-order valence-electron chi connectivity index (χ2n) is 7.46. The highest BCUT2D eigenvalue weighted by atomic mass is 16.5. The number of aromatic nitrogens is 3. The largest absolute Gasteiger partial charge is 0.437 e. The van der Waals surface area contributed by atoms with Crippen LogP contribution in [0.3, 0.4) is 0 Å². The molecular weight excluding hydrogens is 402 g/mol. The summed E-state index contributed by atoms with van der Waals surface area (Å²) in [7, 11) is 2.10. The number of amides is 1. The van der Waals surface area contributed by atoms with Crippen LogP contribution in [0.5, 0.6) is 11.6 Å². The lowest BCUT2D eigenvalue weighted by molar-refractivity contribution is -0.111. The van der Waals surface area contributed by atoms with Crippen molar-refractivity contribution in [3.05, 3.63) is 79.1 Å². The quantitative estimate of drug-likeness (QED) is 0.387. The minimum atomic E-state index is -0.285. The van der Waals surface area contributed by atoms with Crippen molar-refractivity contribution in [2.45, 2.75) is 13.5 Å². The maximum Gasteiger partial charge on any atom is 0.247 e. The van der Waals surface area contributed by atoms with Crippen LogP contribution >= 0.6 is 0 Å². The van der Waals surface area contributed by atoms with E-state index in [1.807, 2.05) is 6.20 Å². The molecule has 0 radical (unpaired) electrons. The average Bonchev–Trinajstić information content (AvgIpc) is 3.23. The van der Waals surface area contributed by atoms with E-state index in [4.69, 9.17) is 4.74 Å². The van der Waals surface area contributed by atoms with E-state index in [-0.39, 0.29) is 5.91 Å². The monoisotopic (exact) mass is 427 g/mol. The number of fused-ring (bicyclic) bond motifs is 1. The molecule has 0 atom stereocenters. The Morgan fingerprint density at radius 3 is 2.81 bits per heavy atom. The first-order chi connectivity index (χ1) is 15.6. The molecular formula is C25H25N5O2. The zero-order chi connectivity index (χ0) is 22.5. The highest BCUT2D eigenvalue weighted by Crippen LogP contribution is 2.29. The Bertz CT molecular complexity index is 1250. The van der Waals surface area contributed by atoms with Crippen molar-refractivity contribution < 1.29 is 9.53 Å². The summed E-state index contributed by atoms with van der Waals surface area (Å²) in [6, 6.07) is 15.5. The van der Waals surface area contributed by atoms with Crippen LogP contribution in [0.2, 0.25) is 0 Å². The van der Waals surface area contributed by atoms with Crippen LogP contribution in [0.15, 0.2) is 73.6 Å². The normalized spacial score (nSPS) is 11.0. The van der Waals surface area contributed by atoms with Gasteiger partial charge in [0, 0.05) is 30.1 Å². The van der Waals surface area contributed by atoms with Gasteiger partial charge in [-0.25, -0.2) is 9.97 Å². The molecule has 0 saturated carbocycles. The second-order valence-corrected chi connectivity index (χ2v) is 7.46. The number of rotatable bonds is 8. The lowest BCUT2D eigenvalue weighted by atomic mass is 10.1. The number of hydrogen-bond acceptors (Lipinski definition) is 5. The average molecular weight is 428 g/mol. The predicted molar refractivity (Wildman–Crippen MR) is 127 cm³/mol.